The van der Waals surface area contributed by atoms with E-state index in [4.69, 9.17) is 9.47 Å². The molecule has 2 aliphatic rings. The summed E-state index contributed by atoms with van der Waals surface area (Å²) in [6.07, 6.45) is 2.63. The van der Waals surface area contributed by atoms with Crippen molar-refractivity contribution in [3.05, 3.63) is 47.3 Å². The van der Waals surface area contributed by atoms with Gasteiger partial charge in [0, 0.05) is 42.9 Å². The van der Waals surface area contributed by atoms with Crippen LogP contribution in [0.1, 0.15) is 21.6 Å². The first-order chi connectivity index (χ1) is 14.1. The van der Waals surface area contributed by atoms with Gasteiger partial charge in [-0.15, -0.1) is 0 Å². The van der Waals surface area contributed by atoms with E-state index in [1.54, 1.807) is 0 Å². The molecule has 0 saturated carbocycles. The van der Waals surface area contributed by atoms with Gasteiger partial charge in [0.25, 0.3) is 5.91 Å². The predicted octanol–water partition coefficient (Wildman–Crippen LogP) is 0.407. The van der Waals surface area contributed by atoms with Crippen LogP contribution in [0, 0.1) is 0 Å². The average molecular weight is 420 g/mol. The maximum absolute atomic E-state index is 12.6. The lowest BCUT2D eigenvalue weighted by molar-refractivity contribution is 0.0730. The van der Waals surface area contributed by atoms with Crippen LogP contribution in [0.25, 0.3) is 0 Å². The molecule has 4 rings (SSSR count). The highest BCUT2D eigenvalue weighted by Gasteiger charge is 2.26. The minimum atomic E-state index is -3.56. The molecule has 0 spiro atoms. The average Bonchev–Trinajstić information content (AvgIpc) is 3.17. The van der Waals surface area contributed by atoms with Gasteiger partial charge in [0.05, 0.1) is 44.1 Å². The Balaban J connectivity index is 1.34. The van der Waals surface area contributed by atoms with Gasteiger partial charge >= 0.3 is 0 Å². The largest absolute Gasteiger partial charge is 0.379 e. The van der Waals surface area contributed by atoms with E-state index in [2.05, 4.69) is 10.4 Å². The summed E-state index contributed by atoms with van der Waals surface area (Å²) in [5, 5.41) is 7.21. The van der Waals surface area contributed by atoms with Crippen molar-refractivity contribution in [2.24, 2.45) is 0 Å². The van der Waals surface area contributed by atoms with E-state index < -0.39 is 10.0 Å². The molecule has 9 nitrogen and oxygen atoms in total. The Bertz CT molecular complexity index is 965. The number of nitrogens with zero attached hydrogens (tertiary/aromatic N) is 3. The number of hydrogen-bond acceptors (Lipinski definition) is 6. The standard InChI is InChI=1S/C19H24N4O5S/c24-19(20-6-7-23-18-5-10-28-14-16(18)13-21-23)15-1-3-17(4-2-15)29(25,26)22-8-11-27-12-9-22/h1-4,13H,5-12,14H2,(H,20,24). The molecule has 2 aliphatic heterocycles. The van der Waals surface area contributed by atoms with E-state index in [9.17, 15) is 13.2 Å². The number of carbonyl (C=O) groups is 1. The molecule has 0 radical (unpaired) electrons. The lowest BCUT2D eigenvalue weighted by Crippen LogP contribution is -2.40. The van der Waals surface area contributed by atoms with Crippen LogP contribution < -0.4 is 5.32 Å². The normalized spacial score (nSPS) is 17.7. The SMILES string of the molecule is O=C(NCCn1ncc2c1CCOC2)c1ccc(S(=O)(=O)N2CCOCC2)cc1. The van der Waals surface area contributed by atoms with Gasteiger partial charge in [0.1, 0.15) is 0 Å². The van der Waals surface area contributed by atoms with Crippen LogP contribution in [0.3, 0.4) is 0 Å². The molecule has 0 bridgehead atoms. The van der Waals surface area contributed by atoms with Crippen LogP contribution in [0.15, 0.2) is 35.4 Å². The van der Waals surface area contributed by atoms with E-state index in [0.717, 1.165) is 17.7 Å². The summed E-state index contributed by atoms with van der Waals surface area (Å²) in [7, 11) is -3.56. The van der Waals surface area contributed by atoms with Crippen molar-refractivity contribution < 1.29 is 22.7 Å². The number of carbonyl (C=O) groups excluding carboxylic acids is 1. The Labute approximate surface area is 169 Å². The number of aromatic nitrogens is 2. The predicted molar refractivity (Wildman–Crippen MR) is 104 cm³/mol. The fraction of sp³-hybridized carbons (Fsp3) is 0.474. The molecular formula is C19H24N4O5S. The molecule has 2 aromatic rings. The Morgan fingerprint density at radius 2 is 1.86 bits per heavy atom. The molecule has 10 heteroatoms. The Kier molecular flexibility index (Phi) is 5.95. The maximum atomic E-state index is 12.6. The fourth-order valence-corrected chi connectivity index (χ4v) is 4.90. The summed E-state index contributed by atoms with van der Waals surface area (Å²) in [5.41, 5.74) is 2.67. The zero-order chi connectivity index (χ0) is 20.3. The maximum Gasteiger partial charge on any atom is 0.251 e. The molecule has 1 aromatic heterocycles. The van der Waals surface area contributed by atoms with E-state index in [1.165, 1.54) is 28.6 Å². The zero-order valence-corrected chi connectivity index (χ0v) is 16.9. The van der Waals surface area contributed by atoms with Crippen molar-refractivity contribution in [3.63, 3.8) is 0 Å². The number of morpholine rings is 1. The molecule has 29 heavy (non-hydrogen) atoms. The summed E-state index contributed by atoms with van der Waals surface area (Å²) >= 11 is 0. The third-order valence-corrected chi connectivity index (χ3v) is 7.02. The van der Waals surface area contributed by atoms with E-state index in [1.807, 2.05) is 10.9 Å². The molecule has 1 fully saturated rings. The summed E-state index contributed by atoms with van der Waals surface area (Å²) in [6, 6.07) is 6.03. The van der Waals surface area contributed by atoms with Gasteiger partial charge in [0.15, 0.2) is 0 Å². The highest BCUT2D eigenvalue weighted by molar-refractivity contribution is 7.89. The fourth-order valence-electron chi connectivity index (χ4n) is 3.49. The van der Waals surface area contributed by atoms with Crippen LogP contribution in [0.4, 0.5) is 0 Å². The summed E-state index contributed by atoms with van der Waals surface area (Å²) < 4.78 is 39.2. The van der Waals surface area contributed by atoms with Gasteiger partial charge in [-0.25, -0.2) is 8.42 Å². The van der Waals surface area contributed by atoms with Crippen molar-refractivity contribution >= 4 is 15.9 Å². The molecular weight excluding hydrogens is 396 g/mol. The highest BCUT2D eigenvalue weighted by Crippen LogP contribution is 2.18. The van der Waals surface area contributed by atoms with Gasteiger partial charge in [-0.05, 0) is 24.3 Å². The van der Waals surface area contributed by atoms with Crippen LogP contribution >= 0.6 is 0 Å². The van der Waals surface area contributed by atoms with Crippen molar-refractivity contribution in [3.8, 4) is 0 Å². The van der Waals surface area contributed by atoms with Gasteiger partial charge < -0.3 is 14.8 Å². The lowest BCUT2D eigenvalue weighted by Gasteiger charge is -2.26. The Morgan fingerprint density at radius 3 is 2.62 bits per heavy atom. The van der Waals surface area contributed by atoms with Crippen LogP contribution in [-0.2, 0) is 39.1 Å². The molecule has 1 N–H and O–H groups in total. The highest BCUT2D eigenvalue weighted by atomic mass is 32.2. The monoisotopic (exact) mass is 420 g/mol. The molecule has 0 unspecified atom stereocenters. The second-order valence-corrected chi connectivity index (χ2v) is 8.88. The Hall–Kier alpha value is -2.27. The van der Waals surface area contributed by atoms with Crippen molar-refractivity contribution in [1.82, 2.24) is 19.4 Å². The first-order valence-corrected chi connectivity index (χ1v) is 11.1. The van der Waals surface area contributed by atoms with E-state index in [0.29, 0.717) is 58.2 Å². The number of rotatable bonds is 6. The number of fused-ring (bicyclic) bond motifs is 1. The summed E-state index contributed by atoms with van der Waals surface area (Å²) in [6.45, 7) is 3.75. The molecule has 3 heterocycles. The van der Waals surface area contributed by atoms with Gasteiger partial charge in [-0.2, -0.15) is 9.40 Å². The third-order valence-electron chi connectivity index (χ3n) is 5.11. The first kappa shape index (κ1) is 20.0. The van der Waals surface area contributed by atoms with Gasteiger partial charge in [0.2, 0.25) is 10.0 Å². The molecule has 1 amide bonds. The number of benzene rings is 1. The van der Waals surface area contributed by atoms with E-state index in [-0.39, 0.29) is 10.8 Å². The number of amides is 1. The quantitative estimate of drug-likeness (QED) is 0.726. The number of ether oxygens (including phenoxy) is 2. The molecule has 0 aliphatic carbocycles. The third kappa shape index (κ3) is 4.35. The molecule has 1 saturated heterocycles. The van der Waals surface area contributed by atoms with Crippen LogP contribution in [0.2, 0.25) is 0 Å². The zero-order valence-electron chi connectivity index (χ0n) is 16.0. The molecule has 0 atom stereocenters. The number of hydrogen-bond donors (Lipinski definition) is 1. The summed E-state index contributed by atoms with van der Waals surface area (Å²) in [4.78, 5) is 12.6. The van der Waals surface area contributed by atoms with Crippen molar-refractivity contribution in [2.45, 2.75) is 24.5 Å². The second kappa shape index (κ2) is 8.62. The topological polar surface area (TPSA) is 103 Å². The van der Waals surface area contributed by atoms with Crippen LogP contribution in [-0.4, -0.2) is 67.9 Å². The van der Waals surface area contributed by atoms with Crippen LogP contribution in [0.5, 0.6) is 0 Å². The summed E-state index contributed by atoms with van der Waals surface area (Å²) in [5.74, 6) is -0.246. The lowest BCUT2D eigenvalue weighted by atomic mass is 10.2. The second-order valence-electron chi connectivity index (χ2n) is 6.94. The van der Waals surface area contributed by atoms with Gasteiger partial charge in [-0.3, -0.25) is 9.48 Å². The van der Waals surface area contributed by atoms with E-state index >= 15 is 0 Å². The number of nitrogens with one attached hydrogen (secondary N) is 1. The smallest absolute Gasteiger partial charge is 0.251 e. The minimum Gasteiger partial charge on any atom is -0.379 e. The molecule has 1 aromatic carbocycles. The molecule has 156 valence electrons. The number of sulfonamides is 1. The Morgan fingerprint density at radius 1 is 1.10 bits per heavy atom. The van der Waals surface area contributed by atoms with Gasteiger partial charge in [-0.1, -0.05) is 0 Å². The first-order valence-electron chi connectivity index (χ1n) is 9.63. The minimum absolute atomic E-state index is 0.182. The van der Waals surface area contributed by atoms with Crippen molar-refractivity contribution in [2.75, 3.05) is 39.5 Å². The van der Waals surface area contributed by atoms with Crippen molar-refractivity contribution in [1.29, 1.82) is 0 Å².